The van der Waals surface area contributed by atoms with Crippen LogP contribution in [0.1, 0.15) is 16.7 Å². The molecule has 4 nitrogen and oxygen atoms in total. The van der Waals surface area contributed by atoms with Crippen LogP contribution in [-0.2, 0) is 11.2 Å². The van der Waals surface area contributed by atoms with E-state index in [1.54, 1.807) is 6.08 Å². The van der Waals surface area contributed by atoms with Crippen molar-refractivity contribution in [3.8, 4) is 0 Å². The highest BCUT2D eigenvalue weighted by Gasteiger charge is 2.05. The number of pyridine rings is 1. The van der Waals surface area contributed by atoms with Crippen LogP contribution < -0.4 is 5.73 Å². The van der Waals surface area contributed by atoms with E-state index in [2.05, 4.69) is 28.2 Å². The van der Waals surface area contributed by atoms with Crippen molar-refractivity contribution in [2.24, 2.45) is 5.73 Å². The molecule has 0 unspecified atom stereocenters. The van der Waals surface area contributed by atoms with Crippen molar-refractivity contribution in [3.05, 3.63) is 71.6 Å². The quantitative estimate of drug-likeness (QED) is 0.720. The van der Waals surface area contributed by atoms with E-state index in [1.165, 1.54) is 11.6 Å². The second-order valence-corrected chi connectivity index (χ2v) is 4.88. The van der Waals surface area contributed by atoms with Crippen LogP contribution in [-0.4, -0.2) is 15.9 Å². The summed E-state index contributed by atoms with van der Waals surface area (Å²) in [5, 5.41) is 0.987. The summed E-state index contributed by atoms with van der Waals surface area (Å²) in [6, 6.07) is 12.3. The third-order valence-electron chi connectivity index (χ3n) is 3.30. The van der Waals surface area contributed by atoms with Gasteiger partial charge in [0.2, 0.25) is 5.91 Å². The highest BCUT2D eigenvalue weighted by atomic mass is 16.1. The van der Waals surface area contributed by atoms with Gasteiger partial charge in [-0.1, -0.05) is 30.3 Å². The van der Waals surface area contributed by atoms with E-state index >= 15 is 0 Å². The number of nitrogens with one attached hydrogen (secondary N) is 1. The molecule has 0 aliphatic rings. The zero-order chi connectivity index (χ0) is 14.7. The molecule has 3 rings (SSSR count). The molecular formula is C17H15N3O. The normalized spacial score (nSPS) is 11.2. The zero-order valence-corrected chi connectivity index (χ0v) is 11.4. The number of H-pyrrole nitrogens is 1. The molecule has 1 amide bonds. The van der Waals surface area contributed by atoms with Gasteiger partial charge in [0.15, 0.2) is 0 Å². The van der Waals surface area contributed by atoms with Gasteiger partial charge in [-0.25, -0.2) is 4.98 Å². The van der Waals surface area contributed by atoms with Crippen LogP contribution in [0.3, 0.4) is 0 Å². The second-order valence-electron chi connectivity index (χ2n) is 4.88. The van der Waals surface area contributed by atoms with Gasteiger partial charge in [-0.15, -0.1) is 0 Å². The molecule has 21 heavy (non-hydrogen) atoms. The Morgan fingerprint density at radius 1 is 1.24 bits per heavy atom. The molecule has 0 radical (unpaired) electrons. The lowest BCUT2D eigenvalue weighted by atomic mass is 10.0. The summed E-state index contributed by atoms with van der Waals surface area (Å²) in [5.41, 5.74) is 9.21. The van der Waals surface area contributed by atoms with Crippen LogP contribution in [0.2, 0.25) is 0 Å². The van der Waals surface area contributed by atoms with Gasteiger partial charge in [0, 0.05) is 29.4 Å². The fourth-order valence-corrected chi connectivity index (χ4v) is 2.31. The number of hydrogen-bond donors (Lipinski definition) is 2. The number of carbonyl (C=O) groups is 1. The topological polar surface area (TPSA) is 71.8 Å². The summed E-state index contributed by atoms with van der Waals surface area (Å²) in [4.78, 5) is 18.4. The fraction of sp³-hybridized carbons (Fsp3) is 0.0588. The number of hydrogen-bond acceptors (Lipinski definition) is 2. The fourth-order valence-electron chi connectivity index (χ4n) is 2.31. The van der Waals surface area contributed by atoms with E-state index < -0.39 is 5.91 Å². The van der Waals surface area contributed by atoms with Crippen LogP contribution >= 0.6 is 0 Å². The van der Waals surface area contributed by atoms with Crippen molar-refractivity contribution in [1.82, 2.24) is 9.97 Å². The molecule has 0 bridgehead atoms. The lowest BCUT2D eigenvalue weighted by Crippen LogP contribution is -2.04. The highest BCUT2D eigenvalue weighted by molar-refractivity contribution is 5.94. The highest BCUT2D eigenvalue weighted by Crippen LogP contribution is 2.20. The van der Waals surface area contributed by atoms with Crippen LogP contribution in [0.25, 0.3) is 17.1 Å². The Hall–Kier alpha value is -2.88. The maximum absolute atomic E-state index is 10.8. The monoisotopic (exact) mass is 277 g/mol. The van der Waals surface area contributed by atoms with Crippen LogP contribution in [0.5, 0.6) is 0 Å². The number of rotatable bonds is 4. The Morgan fingerprint density at radius 3 is 2.81 bits per heavy atom. The van der Waals surface area contributed by atoms with E-state index in [4.69, 9.17) is 5.73 Å². The zero-order valence-electron chi connectivity index (χ0n) is 11.4. The Kier molecular flexibility index (Phi) is 3.51. The number of amides is 1. The predicted molar refractivity (Wildman–Crippen MR) is 83.6 cm³/mol. The number of fused-ring (bicyclic) bond motifs is 1. The van der Waals surface area contributed by atoms with Crippen molar-refractivity contribution in [1.29, 1.82) is 0 Å². The van der Waals surface area contributed by atoms with Crippen molar-refractivity contribution in [2.75, 3.05) is 0 Å². The molecule has 0 fully saturated rings. The van der Waals surface area contributed by atoms with Crippen molar-refractivity contribution < 1.29 is 4.79 Å². The van der Waals surface area contributed by atoms with E-state index in [9.17, 15) is 4.79 Å². The first kappa shape index (κ1) is 13.1. The average Bonchev–Trinajstić information content (AvgIpc) is 2.88. The summed E-state index contributed by atoms with van der Waals surface area (Å²) in [6.45, 7) is 0. The molecular weight excluding hydrogens is 262 g/mol. The van der Waals surface area contributed by atoms with Crippen molar-refractivity contribution >= 4 is 23.0 Å². The Morgan fingerprint density at radius 2 is 2.05 bits per heavy atom. The molecule has 0 saturated heterocycles. The van der Waals surface area contributed by atoms with E-state index in [1.807, 2.05) is 30.6 Å². The lowest BCUT2D eigenvalue weighted by Gasteiger charge is -2.02. The number of primary amides is 1. The molecule has 0 atom stereocenters. The van der Waals surface area contributed by atoms with E-state index in [0.717, 1.165) is 28.6 Å². The first-order valence-corrected chi connectivity index (χ1v) is 6.70. The maximum atomic E-state index is 10.8. The Labute approximate surface area is 122 Å². The molecule has 1 aromatic carbocycles. The third-order valence-corrected chi connectivity index (χ3v) is 3.30. The van der Waals surface area contributed by atoms with Gasteiger partial charge in [0.05, 0.1) is 0 Å². The van der Waals surface area contributed by atoms with Gasteiger partial charge in [-0.3, -0.25) is 4.79 Å². The predicted octanol–water partition coefficient (Wildman–Crippen LogP) is 2.65. The van der Waals surface area contributed by atoms with Gasteiger partial charge in [0.25, 0.3) is 0 Å². The molecule has 0 aliphatic heterocycles. The van der Waals surface area contributed by atoms with Crippen LogP contribution in [0.4, 0.5) is 0 Å². The summed E-state index contributed by atoms with van der Waals surface area (Å²) in [6.07, 6.45) is 7.58. The molecule has 104 valence electrons. The van der Waals surface area contributed by atoms with Crippen LogP contribution in [0, 0.1) is 0 Å². The second kappa shape index (κ2) is 5.63. The minimum absolute atomic E-state index is 0.460. The molecule has 3 N–H and O–H groups in total. The van der Waals surface area contributed by atoms with E-state index in [0.29, 0.717) is 0 Å². The summed E-state index contributed by atoms with van der Waals surface area (Å²) >= 11 is 0. The Bertz CT molecular complexity index is 803. The molecule has 0 aliphatic carbocycles. The molecule has 2 heterocycles. The third kappa shape index (κ3) is 3.00. The standard InChI is InChI=1S/C17H15N3O/c18-16(21)7-6-14-11-20-17-15(14)9-13(10-19-17)8-12-4-2-1-3-5-12/h1-7,9-11H,8H2,(H2,18,21)(H,19,20). The lowest BCUT2D eigenvalue weighted by molar-refractivity contribution is -0.113. The minimum Gasteiger partial charge on any atom is -0.366 e. The molecule has 4 heteroatoms. The number of benzene rings is 1. The van der Waals surface area contributed by atoms with Gasteiger partial charge in [0.1, 0.15) is 5.65 Å². The molecule has 3 aromatic rings. The number of aromatic nitrogens is 2. The van der Waals surface area contributed by atoms with Gasteiger partial charge in [-0.05, 0) is 29.7 Å². The Balaban J connectivity index is 1.95. The number of carbonyl (C=O) groups excluding carboxylic acids is 1. The van der Waals surface area contributed by atoms with Gasteiger partial charge >= 0.3 is 0 Å². The molecule has 2 aromatic heterocycles. The SMILES string of the molecule is NC(=O)C=Cc1c[nH]c2ncc(Cc3ccccc3)cc12. The number of nitrogens with two attached hydrogens (primary N) is 1. The summed E-state index contributed by atoms with van der Waals surface area (Å²) < 4.78 is 0. The minimum atomic E-state index is -0.460. The van der Waals surface area contributed by atoms with Crippen molar-refractivity contribution in [2.45, 2.75) is 6.42 Å². The molecule has 0 spiro atoms. The largest absolute Gasteiger partial charge is 0.366 e. The summed E-state index contributed by atoms with van der Waals surface area (Å²) in [7, 11) is 0. The average molecular weight is 277 g/mol. The number of nitrogens with zero attached hydrogens (tertiary/aromatic N) is 1. The summed E-state index contributed by atoms with van der Waals surface area (Å²) in [5.74, 6) is -0.460. The van der Waals surface area contributed by atoms with Gasteiger partial charge < -0.3 is 10.7 Å². The van der Waals surface area contributed by atoms with Gasteiger partial charge in [-0.2, -0.15) is 0 Å². The van der Waals surface area contributed by atoms with E-state index in [-0.39, 0.29) is 0 Å². The number of aromatic amines is 1. The van der Waals surface area contributed by atoms with Crippen LogP contribution in [0.15, 0.2) is 54.9 Å². The van der Waals surface area contributed by atoms with Crippen molar-refractivity contribution in [3.63, 3.8) is 0 Å². The first-order valence-electron chi connectivity index (χ1n) is 6.70. The first-order chi connectivity index (χ1) is 10.2. The maximum Gasteiger partial charge on any atom is 0.241 e. The smallest absolute Gasteiger partial charge is 0.241 e. The molecule has 0 saturated carbocycles.